The molecule has 2 aliphatic rings. The van der Waals surface area contributed by atoms with Gasteiger partial charge in [0.05, 0.1) is 25.0 Å². The van der Waals surface area contributed by atoms with Crippen molar-refractivity contribution in [3.8, 4) is 11.5 Å². The summed E-state index contributed by atoms with van der Waals surface area (Å²) in [5.74, 6) is 2.01. The second-order valence-corrected chi connectivity index (χ2v) is 9.37. The second kappa shape index (κ2) is 10.4. The van der Waals surface area contributed by atoms with E-state index < -0.39 is 0 Å². The lowest BCUT2D eigenvalue weighted by molar-refractivity contribution is -0.115. The molecule has 0 bridgehead atoms. The Labute approximate surface area is 202 Å². The fraction of sp³-hybridized carbons (Fsp3) is 0.375. The SMILES string of the molecule is C[C@@H](Sc1nnc(N2CCOCC2)n1Cc1ccccc1)C(=O)Nc1ccc2c(c1)OCCO2. The Morgan fingerprint density at radius 1 is 1.03 bits per heavy atom. The van der Waals surface area contributed by atoms with E-state index in [-0.39, 0.29) is 11.2 Å². The number of carbonyl (C=O) groups is 1. The van der Waals surface area contributed by atoms with E-state index in [1.165, 1.54) is 11.8 Å². The minimum Gasteiger partial charge on any atom is -0.486 e. The average molecular weight is 482 g/mol. The summed E-state index contributed by atoms with van der Waals surface area (Å²) in [6, 6.07) is 15.6. The number of morpholine rings is 1. The first-order chi connectivity index (χ1) is 16.7. The van der Waals surface area contributed by atoms with E-state index in [0.29, 0.717) is 55.3 Å². The lowest BCUT2D eigenvalue weighted by Crippen LogP contribution is -2.38. The molecule has 3 heterocycles. The van der Waals surface area contributed by atoms with Gasteiger partial charge in [0.15, 0.2) is 16.7 Å². The summed E-state index contributed by atoms with van der Waals surface area (Å²) in [7, 11) is 0. The van der Waals surface area contributed by atoms with Crippen LogP contribution in [0, 0.1) is 0 Å². The highest BCUT2D eigenvalue weighted by Crippen LogP contribution is 2.33. The molecular formula is C24H27N5O4S. The van der Waals surface area contributed by atoms with Crippen LogP contribution in [0.15, 0.2) is 53.7 Å². The highest BCUT2D eigenvalue weighted by atomic mass is 32.2. The quantitative estimate of drug-likeness (QED) is 0.515. The maximum absolute atomic E-state index is 13.0. The van der Waals surface area contributed by atoms with E-state index in [1.807, 2.05) is 37.3 Å². The van der Waals surface area contributed by atoms with Crippen molar-refractivity contribution in [2.45, 2.75) is 23.9 Å². The van der Waals surface area contributed by atoms with Gasteiger partial charge in [0.2, 0.25) is 11.9 Å². The zero-order chi connectivity index (χ0) is 23.3. The molecule has 1 aromatic heterocycles. The van der Waals surface area contributed by atoms with Crippen LogP contribution in [0.4, 0.5) is 11.6 Å². The molecule has 0 radical (unpaired) electrons. The Balaban J connectivity index is 1.32. The molecule has 1 amide bonds. The van der Waals surface area contributed by atoms with E-state index >= 15 is 0 Å². The van der Waals surface area contributed by atoms with Crippen molar-refractivity contribution in [1.82, 2.24) is 14.8 Å². The van der Waals surface area contributed by atoms with E-state index in [9.17, 15) is 4.79 Å². The number of nitrogens with one attached hydrogen (secondary N) is 1. The van der Waals surface area contributed by atoms with Crippen LogP contribution < -0.4 is 19.7 Å². The molecule has 2 aliphatic heterocycles. The van der Waals surface area contributed by atoms with Gasteiger partial charge in [-0.3, -0.25) is 9.36 Å². The first-order valence-corrected chi connectivity index (χ1v) is 12.2. The van der Waals surface area contributed by atoms with Crippen molar-refractivity contribution in [2.24, 2.45) is 0 Å². The zero-order valence-corrected chi connectivity index (χ0v) is 19.8. The molecule has 1 fully saturated rings. The van der Waals surface area contributed by atoms with Gasteiger partial charge in [0, 0.05) is 24.8 Å². The molecule has 0 saturated carbocycles. The number of hydrogen-bond donors (Lipinski definition) is 1. The fourth-order valence-corrected chi connectivity index (χ4v) is 4.69. The number of anilines is 2. The number of nitrogens with zero attached hydrogens (tertiary/aromatic N) is 4. The van der Waals surface area contributed by atoms with Gasteiger partial charge in [-0.1, -0.05) is 42.1 Å². The van der Waals surface area contributed by atoms with Crippen LogP contribution in [0.1, 0.15) is 12.5 Å². The fourth-order valence-electron chi connectivity index (χ4n) is 3.85. The summed E-state index contributed by atoms with van der Waals surface area (Å²) in [5.41, 5.74) is 1.81. The standard InChI is InChI=1S/C24H27N5O4S/c1-17(22(30)25-19-7-8-20-21(15-19)33-14-13-32-20)34-24-27-26-23(28-9-11-31-12-10-28)29(24)16-18-5-3-2-4-6-18/h2-8,15,17H,9-14,16H2,1H3,(H,25,30)/t17-/m1/s1. The van der Waals surface area contributed by atoms with Crippen LogP contribution in [0.3, 0.4) is 0 Å². The summed E-state index contributed by atoms with van der Waals surface area (Å²) < 4.78 is 18.8. The number of aromatic nitrogens is 3. The molecule has 2 aromatic carbocycles. The minimum atomic E-state index is -0.385. The van der Waals surface area contributed by atoms with Gasteiger partial charge in [-0.05, 0) is 24.6 Å². The molecule has 9 nitrogen and oxygen atoms in total. The number of fused-ring (bicyclic) bond motifs is 1. The molecule has 34 heavy (non-hydrogen) atoms. The molecule has 1 atom stereocenters. The third-order valence-electron chi connectivity index (χ3n) is 5.64. The van der Waals surface area contributed by atoms with Gasteiger partial charge < -0.3 is 24.4 Å². The van der Waals surface area contributed by atoms with Gasteiger partial charge in [0.25, 0.3) is 0 Å². The largest absolute Gasteiger partial charge is 0.486 e. The van der Waals surface area contributed by atoms with Crippen LogP contribution in [-0.2, 0) is 16.1 Å². The third kappa shape index (κ3) is 5.13. The predicted octanol–water partition coefficient (Wildman–Crippen LogP) is 3.05. The lowest BCUT2D eigenvalue weighted by Gasteiger charge is -2.28. The molecule has 1 N–H and O–H groups in total. The second-order valence-electron chi connectivity index (χ2n) is 8.06. The number of ether oxygens (including phenoxy) is 3. The molecule has 0 aliphatic carbocycles. The van der Waals surface area contributed by atoms with Gasteiger partial charge in [-0.25, -0.2) is 0 Å². The summed E-state index contributed by atoms with van der Waals surface area (Å²) in [6.45, 7) is 6.37. The van der Waals surface area contributed by atoms with Crippen molar-refractivity contribution in [2.75, 3.05) is 49.7 Å². The maximum Gasteiger partial charge on any atom is 0.237 e. The van der Waals surface area contributed by atoms with Crippen molar-refractivity contribution in [1.29, 1.82) is 0 Å². The topological polar surface area (TPSA) is 90.7 Å². The van der Waals surface area contributed by atoms with E-state index in [4.69, 9.17) is 14.2 Å². The summed E-state index contributed by atoms with van der Waals surface area (Å²) in [6.07, 6.45) is 0. The van der Waals surface area contributed by atoms with Crippen LogP contribution in [0.2, 0.25) is 0 Å². The monoisotopic (exact) mass is 481 g/mol. The maximum atomic E-state index is 13.0. The van der Waals surface area contributed by atoms with Gasteiger partial charge in [-0.15, -0.1) is 10.2 Å². The highest BCUT2D eigenvalue weighted by Gasteiger charge is 2.24. The van der Waals surface area contributed by atoms with Crippen molar-refractivity contribution < 1.29 is 19.0 Å². The smallest absolute Gasteiger partial charge is 0.237 e. The Morgan fingerprint density at radius 2 is 1.79 bits per heavy atom. The molecule has 0 spiro atoms. The minimum absolute atomic E-state index is 0.121. The number of carbonyl (C=O) groups excluding carboxylic acids is 1. The van der Waals surface area contributed by atoms with Crippen LogP contribution in [-0.4, -0.2) is 65.4 Å². The Hall–Kier alpha value is -3.24. The molecular weight excluding hydrogens is 454 g/mol. The first-order valence-electron chi connectivity index (χ1n) is 11.3. The zero-order valence-electron chi connectivity index (χ0n) is 19.0. The van der Waals surface area contributed by atoms with E-state index in [1.54, 1.807) is 6.07 Å². The number of thioether (sulfide) groups is 1. The van der Waals surface area contributed by atoms with Crippen LogP contribution >= 0.6 is 11.8 Å². The van der Waals surface area contributed by atoms with Crippen molar-refractivity contribution in [3.63, 3.8) is 0 Å². The summed E-state index contributed by atoms with van der Waals surface area (Å²) in [4.78, 5) is 15.2. The molecule has 10 heteroatoms. The van der Waals surface area contributed by atoms with Gasteiger partial charge in [0.1, 0.15) is 13.2 Å². The Bertz CT molecular complexity index is 1130. The molecule has 3 aromatic rings. The number of benzene rings is 2. The summed E-state index contributed by atoms with van der Waals surface area (Å²) in [5, 5.41) is 12.2. The van der Waals surface area contributed by atoms with E-state index in [2.05, 4.69) is 37.1 Å². The molecule has 178 valence electrons. The first kappa shape index (κ1) is 22.5. The Kier molecular flexibility index (Phi) is 6.87. The molecule has 1 saturated heterocycles. The lowest BCUT2D eigenvalue weighted by atomic mass is 10.2. The predicted molar refractivity (Wildman–Crippen MR) is 130 cm³/mol. The third-order valence-corrected chi connectivity index (χ3v) is 6.72. The highest BCUT2D eigenvalue weighted by molar-refractivity contribution is 8.00. The molecule has 5 rings (SSSR count). The average Bonchev–Trinajstić information content (AvgIpc) is 3.26. The summed E-state index contributed by atoms with van der Waals surface area (Å²) >= 11 is 1.39. The van der Waals surface area contributed by atoms with Crippen molar-refractivity contribution >= 4 is 29.3 Å². The number of amides is 1. The van der Waals surface area contributed by atoms with Crippen molar-refractivity contribution in [3.05, 3.63) is 54.1 Å². The number of hydrogen-bond acceptors (Lipinski definition) is 8. The molecule has 0 unspecified atom stereocenters. The van der Waals surface area contributed by atoms with Crippen LogP contribution in [0.25, 0.3) is 0 Å². The number of rotatable bonds is 7. The normalized spacial score (nSPS) is 16.2. The van der Waals surface area contributed by atoms with Gasteiger partial charge in [-0.2, -0.15) is 0 Å². The Morgan fingerprint density at radius 3 is 2.59 bits per heavy atom. The van der Waals surface area contributed by atoms with Crippen LogP contribution in [0.5, 0.6) is 11.5 Å². The van der Waals surface area contributed by atoms with E-state index in [0.717, 1.165) is 24.6 Å². The van der Waals surface area contributed by atoms with Gasteiger partial charge >= 0.3 is 0 Å².